The van der Waals surface area contributed by atoms with Gasteiger partial charge >= 0.3 is 6.03 Å². The molecule has 0 bridgehead atoms. The first-order chi connectivity index (χ1) is 13.1. The van der Waals surface area contributed by atoms with Crippen LogP contribution in [0.4, 0.5) is 4.79 Å². The molecular formula is C19H27N5O3. The Morgan fingerprint density at radius 3 is 2.70 bits per heavy atom. The van der Waals surface area contributed by atoms with Crippen LogP contribution < -0.4 is 10.1 Å². The van der Waals surface area contributed by atoms with Gasteiger partial charge in [0.15, 0.2) is 5.82 Å². The van der Waals surface area contributed by atoms with Gasteiger partial charge in [-0.2, -0.15) is 4.98 Å². The Balaban J connectivity index is 1.49. The third-order valence-electron chi connectivity index (χ3n) is 4.76. The summed E-state index contributed by atoms with van der Waals surface area (Å²) in [6.07, 6.45) is 0.707. The molecule has 1 atom stereocenters. The number of hydrogen-bond acceptors (Lipinski definition) is 6. The zero-order valence-corrected chi connectivity index (χ0v) is 16.1. The van der Waals surface area contributed by atoms with Crippen LogP contribution in [0.1, 0.15) is 37.2 Å². The fourth-order valence-electron chi connectivity index (χ4n) is 3.11. The van der Waals surface area contributed by atoms with E-state index in [2.05, 4.69) is 26.4 Å². The second kappa shape index (κ2) is 8.85. The normalized spacial score (nSPS) is 16.2. The van der Waals surface area contributed by atoms with Crippen molar-refractivity contribution in [1.29, 1.82) is 0 Å². The van der Waals surface area contributed by atoms with Crippen molar-refractivity contribution in [3.05, 3.63) is 41.5 Å². The summed E-state index contributed by atoms with van der Waals surface area (Å²) in [6, 6.07) is 7.63. The van der Waals surface area contributed by atoms with E-state index in [0.29, 0.717) is 31.2 Å². The third kappa shape index (κ3) is 4.77. The van der Waals surface area contributed by atoms with Gasteiger partial charge in [-0.15, -0.1) is 0 Å². The first-order valence-corrected chi connectivity index (χ1v) is 9.33. The fraction of sp³-hybridized carbons (Fsp3) is 0.526. The summed E-state index contributed by atoms with van der Waals surface area (Å²) in [4.78, 5) is 20.9. The van der Waals surface area contributed by atoms with Crippen LogP contribution in [0.25, 0.3) is 0 Å². The minimum absolute atomic E-state index is 0.101. The lowest BCUT2D eigenvalue weighted by Gasteiger charge is -2.35. The number of aryl methyl sites for hydroxylation is 1. The van der Waals surface area contributed by atoms with Crippen LogP contribution in [0.3, 0.4) is 0 Å². The summed E-state index contributed by atoms with van der Waals surface area (Å²) in [5, 5.41) is 6.81. The van der Waals surface area contributed by atoms with Gasteiger partial charge in [-0.3, -0.25) is 4.90 Å². The molecule has 1 fully saturated rings. The van der Waals surface area contributed by atoms with E-state index < -0.39 is 0 Å². The molecular weight excluding hydrogens is 346 g/mol. The summed E-state index contributed by atoms with van der Waals surface area (Å²) in [5.41, 5.74) is 1.16. The van der Waals surface area contributed by atoms with Crippen LogP contribution in [-0.4, -0.2) is 59.3 Å². The number of rotatable bonds is 6. The minimum Gasteiger partial charge on any atom is -0.496 e. The number of benzene rings is 1. The van der Waals surface area contributed by atoms with E-state index in [0.717, 1.165) is 30.9 Å². The number of carbonyl (C=O) groups excluding carboxylic acids is 1. The smallest absolute Gasteiger partial charge is 0.318 e. The highest BCUT2D eigenvalue weighted by Gasteiger charge is 2.24. The highest BCUT2D eigenvalue weighted by atomic mass is 16.5. The van der Waals surface area contributed by atoms with E-state index >= 15 is 0 Å². The lowest BCUT2D eigenvalue weighted by Crippen LogP contribution is -2.51. The molecule has 2 amide bonds. The molecule has 146 valence electrons. The van der Waals surface area contributed by atoms with Gasteiger partial charge in [-0.05, 0) is 13.0 Å². The summed E-state index contributed by atoms with van der Waals surface area (Å²) in [6.45, 7) is 7.62. The third-order valence-corrected chi connectivity index (χ3v) is 4.76. The Morgan fingerprint density at radius 2 is 2.04 bits per heavy atom. The number of urea groups is 1. The molecule has 0 spiro atoms. The Bertz CT molecular complexity index is 755. The zero-order chi connectivity index (χ0) is 19.2. The number of nitrogens with zero attached hydrogens (tertiary/aromatic N) is 4. The Hall–Kier alpha value is -2.61. The second-order valence-corrected chi connectivity index (χ2v) is 6.65. The molecule has 0 radical (unpaired) electrons. The van der Waals surface area contributed by atoms with Crippen LogP contribution in [0, 0.1) is 0 Å². The molecule has 8 nitrogen and oxygen atoms in total. The average molecular weight is 373 g/mol. The standard InChI is InChI=1S/C19H27N5O3/c1-4-17-21-18(27-22-17)14(2)20-19(25)24-11-9-23(10-12-24)13-15-7-5-6-8-16(15)26-3/h5-8,14H,4,9-13H2,1-3H3,(H,20,25). The number of para-hydroxylation sites is 1. The second-order valence-electron chi connectivity index (χ2n) is 6.65. The lowest BCUT2D eigenvalue weighted by atomic mass is 10.1. The maximum Gasteiger partial charge on any atom is 0.318 e. The van der Waals surface area contributed by atoms with Crippen molar-refractivity contribution in [2.24, 2.45) is 0 Å². The van der Waals surface area contributed by atoms with Gasteiger partial charge in [0, 0.05) is 44.7 Å². The minimum atomic E-state index is -0.308. The van der Waals surface area contributed by atoms with Crippen LogP contribution >= 0.6 is 0 Å². The molecule has 8 heteroatoms. The summed E-state index contributed by atoms with van der Waals surface area (Å²) in [7, 11) is 1.69. The van der Waals surface area contributed by atoms with Gasteiger partial charge in [-0.1, -0.05) is 30.3 Å². The van der Waals surface area contributed by atoms with E-state index in [4.69, 9.17) is 9.26 Å². The molecule has 1 saturated heterocycles. The maximum absolute atomic E-state index is 12.5. The molecule has 3 rings (SSSR count). The molecule has 0 saturated carbocycles. The van der Waals surface area contributed by atoms with Crippen LogP contribution in [0.15, 0.2) is 28.8 Å². The molecule has 1 aliphatic rings. The number of carbonyl (C=O) groups is 1. The number of ether oxygens (including phenoxy) is 1. The van der Waals surface area contributed by atoms with Crippen LogP contribution in [0.2, 0.25) is 0 Å². The molecule has 1 aliphatic heterocycles. The van der Waals surface area contributed by atoms with Crippen molar-refractivity contribution >= 4 is 6.03 Å². The van der Waals surface area contributed by atoms with Gasteiger partial charge in [0.05, 0.1) is 7.11 Å². The Labute approximate surface area is 159 Å². The Morgan fingerprint density at radius 1 is 1.30 bits per heavy atom. The predicted molar refractivity (Wildman–Crippen MR) is 100 cm³/mol. The van der Waals surface area contributed by atoms with Crippen molar-refractivity contribution in [3.8, 4) is 5.75 Å². The predicted octanol–water partition coefficient (Wildman–Crippen LogP) is 2.23. The van der Waals surface area contributed by atoms with E-state index in [1.165, 1.54) is 0 Å². The van der Waals surface area contributed by atoms with Crippen LogP contribution in [-0.2, 0) is 13.0 Å². The van der Waals surface area contributed by atoms with E-state index in [-0.39, 0.29) is 12.1 Å². The van der Waals surface area contributed by atoms with Crippen molar-refractivity contribution in [3.63, 3.8) is 0 Å². The summed E-state index contributed by atoms with van der Waals surface area (Å²) < 4.78 is 10.6. The lowest BCUT2D eigenvalue weighted by molar-refractivity contribution is 0.132. The molecule has 2 heterocycles. The topological polar surface area (TPSA) is 83.7 Å². The van der Waals surface area contributed by atoms with E-state index in [1.54, 1.807) is 7.11 Å². The summed E-state index contributed by atoms with van der Waals surface area (Å²) >= 11 is 0. The number of methoxy groups -OCH3 is 1. The van der Waals surface area contributed by atoms with E-state index in [9.17, 15) is 4.79 Å². The van der Waals surface area contributed by atoms with Gasteiger partial charge in [0.1, 0.15) is 11.8 Å². The average Bonchev–Trinajstić information content (AvgIpc) is 3.18. The number of hydrogen-bond donors (Lipinski definition) is 1. The monoisotopic (exact) mass is 373 g/mol. The van der Waals surface area contributed by atoms with Crippen molar-refractivity contribution in [1.82, 2.24) is 25.3 Å². The van der Waals surface area contributed by atoms with Gasteiger partial charge in [0.2, 0.25) is 5.89 Å². The van der Waals surface area contributed by atoms with Crippen molar-refractivity contribution < 1.29 is 14.1 Å². The van der Waals surface area contributed by atoms with Gasteiger partial charge in [-0.25, -0.2) is 4.79 Å². The maximum atomic E-state index is 12.5. The molecule has 1 aromatic heterocycles. The van der Waals surface area contributed by atoms with Gasteiger partial charge < -0.3 is 19.5 Å². The molecule has 1 unspecified atom stereocenters. The first-order valence-electron chi connectivity index (χ1n) is 9.33. The Kier molecular flexibility index (Phi) is 6.28. The quantitative estimate of drug-likeness (QED) is 0.836. The highest BCUT2D eigenvalue weighted by Crippen LogP contribution is 2.20. The fourth-order valence-corrected chi connectivity index (χ4v) is 3.11. The number of amides is 2. The highest BCUT2D eigenvalue weighted by molar-refractivity contribution is 5.74. The molecule has 0 aliphatic carbocycles. The van der Waals surface area contributed by atoms with Crippen molar-refractivity contribution in [2.45, 2.75) is 32.9 Å². The van der Waals surface area contributed by atoms with Gasteiger partial charge in [0.25, 0.3) is 0 Å². The largest absolute Gasteiger partial charge is 0.496 e. The first kappa shape index (κ1) is 19.2. The number of aromatic nitrogens is 2. The summed E-state index contributed by atoms with van der Waals surface area (Å²) in [5.74, 6) is 1.99. The molecule has 1 N–H and O–H groups in total. The molecule has 27 heavy (non-hydrogen) atoms. The zero-order valence-electron chi connectivity index (χ0n) is 16.1. The van der Waals surface area contributed by atoms with Crippen LogP contribution in [0.5, 0.6) is 5.75 Å². The SMILES string of the molecule is CCc1noc(C(C)NC(=O)N2CCN(Cc3ccccc3OC)CC2)n1. The number of piperazine rings is 1. The van der Waals surface area contributed by atoms with Crippen molar-refractivity contribution in [2.75, 3.05) is 33.3 Å². The number of nitrogens with one attached hydrogen (secondary N) is 1. The molecule has 1 aromatic carbocycles. The molecule has 2 aromatic rings. The van der Waals surface area contributed by atoms with E-state index in [1.807, 2.05) is 36.9 Å².